The summed E-state index contributed by atoms with van der Waals surface area (Å²) in [6.07, 6.45) is -1.70. The minimum absolute atomic E-state index is 0.0548. The average molecular weight is 339 g/mol. The van der Waals surface area contributed by atoms with Crippen LogP contribution in [0.1, 0.15) is 11.1 Å². The molecule has 0 fully saturated rings. The molecule has 3 rings (SSSR count). The fourth-order valence-corrected chi connectivity index (χ4v) is 2.34. The zero-order valence-corrected chi connectivity index (χ0v) is 12.4. The minimum atomic E-state index is -4.52. The summed E-state index contributed by atoms with van der Waals surface area (Å²) in [6, 6.07) is 8.98. The minimum Gasteiger partial charge on any atom is -0.472 e. The van der Waals surface area contributed by atoms with Crippen molar-refractivity contribution in [3.63, 3.8) is 0 Å². The Kier molecular flexibility index (Phi) is 4.09. The summed E-state index contributed by atoms with van der Waals surface area (Å²) in [6.45, 7) is -0.0548. The van der Waals surface area contributed by atoms with Crippen molar-refractivity contribution in [2.45, 2.75) is 12.8 Å². The smallest absolute Gasteiger partial charge is 0.421 e. The van der Waals surface area contributed by atoms with Crippen molar-refractivity contribution >= 4 is 22.5 Å². The molecule has 0 amide bonds. The van der Waals surface area contributed by atoms with Crippen molar-refractivity contribution in [1.82, 2.24) is 9.97 Å². The van der Waals surface area contributed by atoms with Gasteiger partial charge in [-0.1, -0.05) is 17.7 Å². The van der Waals surface area contributed by atoms with Crippen LogP contribution in [0.25, 0.3) is 10.9 Å². The maximum absolute atomic E-state index is 12.9. The summed E-state index contributed by atoms with van der Waals surface area (Å²) in [5.74, 6) is -0.445. The molecule has 0 spiro atoms. The molecule has 3 nitrogen and oxygen atoms in total. The van der Waals surface area contributed by atoms with E-state index in [1.807, 2.05) is 0 Å². The highest BCUT2D eigenvalue weighted by Crippen LogP contribution is 2.35. The topological polar surface area (TPSA) is 35.0 Å². The van der Waals surface area contributed by atoms with E-state index in [1.54, 1.807) is 30.5 Å². The lowest BCUT2D eigenvalue weighted by atomic mass is 10.1. The van der Waals surface area contributed by atoms with Crippen LogP contribution in [0.2, 0.25) is 5.02 Å². The Morgan fingerprint density at radius 2 is 1.87 bits per heavy atom. The number of nitrogens with zero attached hydrogens (tertiary/aromatic N) is 2. The van der Waals surface area contributed by atoms with Gasteiger partial charge in [-0.05, 0) is 30.3 Å². The van der Waals surface area contributed by atoms with Crippen molar-refractivity contribution in [3.8, 4) is 5.88 Å². The molecule has 0 radical (unpaired) electrons. The fourth-order valence-electron chi connectivity index (χ4n) is 2.17. The highest BCUT2D eigenvalue weighted by atomic mass is 35.5. The molecule has 0 aliphatic heterocycles. The standard InChI is InChI=1S/C16H10ClF3N2O/c17-11-3-4-12-10(5-7-21-14(12)8-11)9-23-15-13(16(18,19)20)2-1-6-22-15/h1-8H,9H2. The number of alkyl halides is 3. The Labute approximate surface area is 134 Å². The summed E-state index contributed by atoms with van der Waals surface area (Å²) in [5.41, 5.74) is 0.447. The summed E-state index contributed by atoms with van der Waals surface area (Å²) >= 11 is 5.91. The van der Waals surface area contributed by atoms with Crippen LogP contribution >= 0.6 is 11.6 Å². The first-order valence-electron chi connectivity index (χ1n) is 6.63. The molecule has 0 aliphatic carbocycles. The van der Waals surface area contributed by atoms with Gasteiger partial charge in [0.25, 0.3) is 0 Å². The SMILES string of the molecule is FC(F)(F)c1cccnc1OCc1ccnc2cc(Cl)ccc12. The van der Waals surface area contributed by atoms with Gasteiger partial charge < -0.3 is 4.74 Å². The van der Waals surface area contributed by atoms with Crippen LogP contribution in [-0.2, 0) is 12.8 Å². The number of aromatic nitrogens is 2. The van der Waals surface area contributed by atoms with Crippen LogP contribution in [0.4, 0.5) is 13.2 Å². The number of halogens is 4. The van der Waals surface area contributed by atoms with Crippen molar-refractivity contribution in [2.75, 3.05) is 0 Å². The van der Waals surface area contributed by atoms with Crippen molar-refractivity contribution in [3.05, 3.63) is 64.9 Å². The summed E-state index contributed by atoms with van der Waals surface area (Å²) < 4.78 is 44.1. The van der Waals surface area contributed by atoms with E-state index < -0.39 is 17.6 Å². The second-order valence-electron chi connectivity index (χ2n) is 4.77. The van der Waals surface area contributed by atoms with Gasteiger partial charge in [0.2, 0.25) is 5.88 Å². The molecule has 1 aromatic carbocycles. The molecule has 118 valence electrons. The first kappa shape index (κ1) is 15.6. The van der Waals surface area contributed by atoms with Crippen molar-refractivity contribution in [1.29, 1.82) is 0 Å². The molecule has 2 aromatic heterocycles. The number of benzene rings is 1. The van der Waals surface area contributed by atoms with E-state index in [2.05, 4.69) is 9.97 Å². The van der Waals surface area contributed by atoms with Crippen LogP contribution in [-0.4, -0.2) is 9.97 Å². The van der Waals surface area contributed by atoms with Crippen LogP contribution in [0.15, 0.2) is 48.8 Å². The third-order valence-corrected chi connectivity index (χ3v) is 3.47. The summed E-state index contributed by atoms with van der Waals surface area (Å²) in [7, 11) is 0. The monoisotopic (exact) mass is 338 g/mol. The zero-order chi connectivity index (χ0) is 16.4. The number of hydrogen-bond donors (Lipinski definition) is 0. The van der Waals surface area contributed by atoms with Gasteiger partial charge in [-0.2, -0.15) is 13.2 Å². The van der Waals surface area contributed by atoms with E-state index >= 15 is 0 Å². The van der Waals surface area contributed by atoms with Gasteiger partial charge in [0, 0.05) is 28.4 Å². The highest BCUT2D eigenvalue weighted by molar-refractivity contribution is 6.31. The Bertz CT molecular complexity index is 852. The lowest BCUT2D eigenvalue weighted by Crippen LogP contribution is -2.10. The van der Waals surface area contributed by atoms with Gasteiger partial charge in [-0.3, -0.25) is 4.98 Å². The Balaban J connectivity index is 1.90. The van der Waals surface area contributed by atoms with Gasteiger partial charge in [0.1, 0.15) is 12.2 Å². The van der Waals surface area contributed by atoms with Crippen LogP contribution < -0.4 is 4.74 Å². The van der Waals surface area contributed by atoms with E-state index in [-0.39, 0.29) is 6.61 Å². The number of fused-ring (bicyclic) bond motifs is 1. The molecule has 0 saturated heterocycles. The van der Waals surface area contributed by atoms with E-state index in [9.17, 15) is 13.2 Å². The second kappa shape index (κ2) is 6.04. The number of hydrogen-bond acceptors (Lipinski definition) is 3. The Morgan fingerprint density at radius 3 is 2.65 bits per heavy atom. The van der Waals surface area contributed by atoms with E-state index in [0.717, 1.165) is 11.5 Å². The first-order valence-corrected chi connectivity index (χ1v) is 7.01. The molecule has 0 bridgehead atoms. The molecular formula is C16H10ClF3N2O. The molecule has 0 atom stereocenters. The van der Waals surface area contributed by atoms with Gasteiger partial charge in [0.15, 0.2) is 0 Å². The lowest BCUT2D eigenvalue weighted by molar-refractivity contribution is -0.139. The zero-order valence-electron chi connectivity index (χ0n) is 11.6. The van der Waals surface area contributed by atoms with Crippen molar-refractivity contribution < 1.29 is 17.9 Å². The highest BCUT2D eigenvalue weighted by Gasteiger charge is 2.35. The predicted molar refractivity (Wildman–Crippen MR) is 80.3 cm³/mol. The molecule has 23 heavy (non-hydrogen) atoms. The number of pyridine rings is 2. The average Bonchev–Trinajstić information content (AvgIpc) is 2.52. The molecule has 0 N–H and O–H groups in total. The van der Waals surface area contributed by atoms with Gasteiger partial charge >= 0.3 is 6.18 Å². The molecule has 0 unspecified atom stereocenters. The predicted octanol–water partition coefficient (Wildman–Crippen LogP) is 4.88. The third kappa shape index (κ3) is 3.37. The molecular weight excluding hydrogens is 329 g/mol. The Hall–Kier alpha value is -2.34. The molecule has 3 aromatic rings. The number of rotatable bonds is 3. The Morgan fingerprint density at radius 1 is 1.04 bits per heavy atom. The third-order valence-electron chi connectivity index (χ3n) is 3.24. The van der Waals surface area contributed by atoms with E-state index in [0.29, 0.717) is 16.1 Å². The maximum Gasteiger partial charge on any atom is 0.421 e. The second-order valence-corrected chi connectivity index (χ2v) is 5.21. The number of ether oxygens (including phenoxy) is 1. The molecule has 7 heteroatoms. The largest absolute Gasteiger partial charge is 0.472 e. The maximum atomic E-state index is 12.9. The van der Waals surface area contributed by atoms with Crippen LogP contribution in [0.3, 0.4) is 0 Å². The van der Waals surface area contributed by atoms with Gasteiger partial charge in [0.05, 0.1) is 5.52 Å². The van der Waals surface area contributed by atoms with E-state index in [4.69, 9.17) is 16.3 Å². The molecule has 2 heterocycles. The molecule has 0 aliphatic rings. The normalized spacial score (nSPS) is 11.7. The lowest BCUT2D eigenvalue weighted by Gasteiger charge is -2.13. The first-order chi connectivity index (χ1) is 10.9. The molecule has 0 saturated carbocycles. The summed E-state index contributed by atoms with van der Waals surface area (Å²) in [5, 5.41) is 1.30. The van der Waals surface area contributed by atoms with Gasteiger partial charge in [-0.15, -0.1) is 0 Å². The van der Waals surface area contributed by atoms with E-state index in [1.165, 1.54) is 12.3 Å². The van der Waals surface area contributed by atoms with Crippen LogP contribution in [0.5, 0.6) is 5.88 Å². The van der Waals surface area contributed by atoms with Crippen molar-refractivity contribution in [2.24, 2.45) is 0 Å². The van der Waals surface area contributed by atoms with Gasteiger partial charge in [-0.25, -0.2) is 4.98 Å². The summed E-state index contributed by atoms with van der Waals surface area (Å²) in [4.78, 5) is 7.85. The fraction of sp³-hybridized carbons (Fsp3) is 0.125. The quantitative estimate of drug-likeness (QED) is 0.682. The van der Waals surface area contributed by atoms with Crippen LogP contribution in [0, 0.1) is 0 Å².